The Balaban J connectivity index is 2.04. The Hall–Kier alpha value is -1.25. The second-order valence-electron chi connectivity index (χ2n) is 5.38. The van der Waals surface area contributed by atoms with Gasteiger partial charge in [-0.3, -0.25) is 0 Å². The summed E-state index contributed by atoms with van der Waals surface area (Å²) in [7, 11) is 0. The minimum Gasteiger partial charge on any atom is -0.490 e. The summed E-state index contributed by atoms with van der Waals surface area (Å²) in [4.78, 5) is 0. The van der Waals surface area contributed by atoms with E-state index in [0.29, 0.717) is 23.3 Å². The van der Waals surface area contributed by atoms with Crippen LogP contribution in [0.2, 0.25) is 0 Å². The summed E-state index contributed by atoms with van der Waals surface area (Å²) >= 11 is 0. The first kappa shape index (κ1) is 12.2. The van der Waals surface area contributed by atoms with Gasteiger partial charge in [0.2, 0.25) is 0 Å². The first-order chi connectivity index (χ1) is 8.02. The number of hydrogen-bond acceptors (Lipinski definition) is 2. The van der Waals surface area contributed by atoms with Crippen LogP contribution in [-0.4, -0.2) is 6.10 Å². The largest absolute Gasteiger partial charge is 0.490 e. The van der Waals surface area contributed by atoms with Gasteiger partial charge < -0.3 is 10.5 Å². The monoisotopic (exact) mass is 237 g/mol. The Bertz CT molecular complexity index is 364. The maximum absolute atomic E-state index is 13.2. The smallest absolute Gasteiger partial charge is 0.128 e. The molecule has 0 saturated heterocycles. The zero-order valence-electron chi connectivity index (χ0n) is 10.4. The van der Waals surface area contributed by atoms with E-state index in [4.69, 9.17) is 10.5 Å². The second kappa shape index (κ2) is 4.94. The highest BCUT2D eigenvalue weighted by Gasteiger charge is 2.25. The molecule has 0 bridgehead atoms. The van der Waals surface area contributed by atoms with Gasteiger partial charge >= 0.3 is 0 Å². The van der Waals surface area contributed by atoms with E-state index in [0.717, 1.165) is 12.8 Å². The van der Waals surface area contributed by atoms with Gasteiger partial charge in [0.1, 0.15) is 11.6 Å². The normalized spacial score (nSPS) is 29.0. The lowest BCUT2D eigenvalue weighted by Crippen LogP contribution is -2.28. The molecule has 0 amide bonds. The van der Waals surface area contributed by atoms with Crippen molar-refractivity contribution >= 4 is 5.69 Å². The predicted molar refractivity (Wildman–Crippen MR) is 67.4 cm³/mol. The molecule has 2 atom stereocenters. The van der Waals surface area contributed by atoms with Gasteiger partial charge in [0, 0.05) is 17.8 Å². The maximum Gasteiger partial charge on any atom is 0.128 e. The number of anilines is 1. The summed E-state index contributed by atoms with van der Waals surface area (Å²) in [5, 5.41) is 0. The third kappa shape index (κ3) is 3.35. The van der Waals surface area contributed by atoms with Crippen LogP contribution in [0.25, 0.3) is 0 Å². The molecular formula is C14H20FNO. The van der Waals surface area contributed by atoms with Gasteiger partial charge in [-0.15, -0.1) is 0 Å². The van der Waals surface area contributed by atoms with Crippen molar-refractivity contribution in [2.45, 2.75) is 39.2 Å². The molecular weight excluding hydrogens is 217 g/mol. The van der Waals surface area contributed by atoms with Crippen LogP contribution >= 0.6 is 0 Å². The molecule has 1 fully saturated rings. The Morgan fingerprint density at radius 1 is 1.12 bits per heavy atom. The van der Waals surface area contributed by atoms with Gasteiger partial charge in [0.25, 0.3) is 0 Å². The zero-order chi connectivity index (χ0) is 12.4. The zero-order valence-corrected chi connectivity index (χ0v) is 10.4. The molecule has 0 aromatic heterocycles. The molecule has 0 aliphatic heterocycles. The average Bonchev–Trinajstić information content (AvgIpc) is 2.13. The van der Waals surface area contributed by atoms with E-state index in [2.05, 4.69) is 13.8 Å². The van der Waals surface area contributed by atoms with Gasteiger partial charge in [-0.2, -0.15) is 0 Å². The van der Waals surface area contributed by atoms with Crippen LogP contribution in [0, 0.1) is 17.7 Å². The first-order valence-electron chi connectivity index (χ1n) is 6.25. The van der Waals surface area contributed by atoms with Crippen LogP contribution in [0.4, 0.5) is 10.1 Å². The molecule has 1 saturated carbocycles. The van der Waals surface area contributed by atoms with Crippen LogP contribution in [0.1, 0.15) is 33.1 Å². The molecule has 0 heterocycles. The van der Waals surface area contributed by atoms with Crippen molar-refractivity contribution < 1.29 is 9.13 Å². The van der Waals surface area contributed by atoms with Gasteiger partial charge in [0.05, 0.1) is 6.10 Å². The summed E-state index contributed by atoms with van der Waals surface area (Å²) in [6.07, 6.45) is 3.53. The van der Waals surface area contributed by atoms with Gasteiger partial charge in [-0.05, 0) is 37.2 Å². The van der Waals surface area contributed by atoms with Crippen LogP contribution in [0.15, 0.2) is 18.2 Å². The molecule has 3 heteroatoms. The average molecular weight is 237 g/mol. The van der Waals surface area contributed by atoms with E-state index < -0.39 is 0 Å². The van der Waals surface area contributed by atoms with Crippen molar-refractivity contribution in [1.82, 2.24) is 0 Å². The minimum absolute atomic E-state index is 0.190. The number of nitrogen functional groups attached to an aromatic ring is 1. The van der Waals surface area contributed by atoms with Crippen molar-refractivity contribution in [3.8, 4) is 5.75 Å². The predicted octanol–water partition coefficient (Wildman–Crippen LogP) is 3.61. The third-order valence-corrected chi connectivity index (χ3v) is 3.33. The van der Waals surface area contributed by atoms with E-state index >= 15 is 0 Å². The summed E-state index contributed by atoms with van der Waals surface area (Å²) in [6, 6.07) is 4.40. The summed E-state index contributed by atoms with van der Waals surface area (Å²) < 4.78 is 19.0. The Labute approximate surface area is 102 Å². The topological polar surface area (TPSA) is 35.2 Å². The molecule has 17 heavy (non-hydrogen) atoms. The lowest BCUT2D eigenvalue weighted by Gasteiger charge is -2.31. The van der Waals surface area contributed by atoms with Crippen LogP contribution in [0.3, 0.4) is 0 Å². The molecule has 2 nitrogen and oxygen atoms in total. The first-order valence-corrected chi connectivity index (χ1v) is 6.25. The fourth-order valence-electron chi connectivity index (χ4n) is 2.81. The SMILES string of the molecule is CC1CC(C)CC(Oc2cc(N)cc(F)c2)C1. The maximum atomic E-state index is 13.2. The number of rotatable bonds is 2. The Kier molecular flexibility index (Phi) is 3.55. The third-order valence-electron chi connectivity index (χ3n) is 3.33. The quantitative estimate of drug-likeness (QED) is 0.797. The Morgan fingerprint density at radius 2 is 1.76 bits per heavy atom. The second-order valence-corrected chi connectivity index (χ2v) is 5.38. The summed E-state index contributed by atoms with van der Waals surface area (Å²) in [5.41, 5.74) is 6.01. The number of ether oxygens (including phenoxy) is 1. The molecule has 94 valence electrons. The van der Waals surface area contributed by atoms with Crippen molar-refractivity contribution in [3.05, 3.63) is 24.0 Å². The van der Waals surface area contributed by atoms with E-state index in [9.17, 15) is 4.39 Å². The van der Waals surface area contributed by atoms with E-state index in [1.807, 2.05) is 0 Å². The van der Waals surface area contributed by atoms with Gasteiger partial charge in [0.15, 0.2) is 0 Å². The molecule has 1 aromatic rings. The number of halogens is 1. The van der Waals surface area contributed by atoms with Crippen molar-refractivity contribution in [2.75, 3.05) is 5.73 Å². The molecule has 0 radical (unpaired) electrons. The molecule has 1 aliphatic rings. The van der Waals surface area contributed by atoms with E-state index in [1.54, 1.807) is 6.07 Å². The standard InChI is InChI=1S/C14H20FNO/c1-9-3-10(2)5-13(4-9)17-14-7-11(15)6-12(16)8-14/h6-10,13H,3-5,16H2,1-2H3. The summed E-state index contributed by atoms with van der Waals surface area (Å²) in [6.45, 7) is 4.48. The number of nitrogens with two attached hydrogens (primary N) is 1. The van der Waals surface area contributed by atoms with Gasteiger partial charge in [-0.1, -0.05) is 13.8 Å². The van der Waals surface area contributed by atoms with Crippen molar-refractivity contribution in [1.29, 1.82) is 0 Å². The van der Waals surface area contributed by atoms with Gasteiger partial charge in [-0.25, -0.2) is 4.39 Å². The number of benzene rings is 1. The summed E-state index contributed by atoms with van der Waals surface area (Å²) in [5.74, 6) is 1.56. The molecule has 0 spiro atoms. The molecule has 1 aliphatic carbocycles. The lowest BCUT2D eigenvalue weighted by atomic mass is 9.82. The molecule has 2 N–H and O–H groups in total. The van der Waals surface area contributed by atoms with Crippen LogP contribution in [-0.2, 0) is 0 Å². The fraction of sp³-hybridized carbons (Fsp3) is 0.571. The van der Waals surface area contributed by atoms with Crippen molar-refractivity contribution in [3.63, 3.8) is 0 Å². The van der Waals surface area contributed by atoms with E-state index in [1.165, 1.54) is 18.6 Å². The van der Waals surface area contributed by atoms with Crippen molar-refractivity contribution in [2.24, 2.45) is 11.8 Å². The molecule has 1 aromatic carbocycles. The Morgan fingerprint density at radius 3 is 2.35 bits per heavy atom. The van der Waals surface area contributed by atoms with Crippen LogP contribution < -0.4 is 10.5 Å². The lowest BCUT2D eigenvalue weighted by molar-refractivity contribution is 0.101. The van der Waals surface area contributed by atoms with Crippen LogP contribution in [0.5, 0.6) is 5.75 Å². The number of hydrogen-bond donors (Lipinski definition) is 1. The highest BCUT2D eigenvalue weighted by molar-refractivity contribution is 5.44. The molecule has 2 rings (SSSR count). The fourth-order valence-corrected chi connectivity index (χ4v) is 2.81. The minimum atomic E-state index is -0.336. The van der Waals surface area contributed by atoms with E-state index in [-0.39, 0.29) is 11.9 Å². The molecule has 2 unspecified atom stereocenters. The highest BCUT2D eigenvalue weighted by Crippen LogP contribution is 2.31. The highest BCUT2D eigenvalue weighted by atomic mass is 19.1.